The SMILES string of the molecule is CC(=O)N1CCN(C(=O)C2CNC(C)CN2)CC1. The van der Waals surface area contributed by atoms with Gasteiger partial charge in [0.05, 0.1) is 6.04 Å². The van der Waals surface area contributed by atoms with E-state index in [-0.39, 0.29) is 17.9 Å². The Morgan fingerprint density at radius 1 is 1.00 bits per heavy atom. The minimum atomic E-state index is -0.120. The number of hydrogen-bond donors (Lipinski definition) is 2. The van der Waals surface area contributed by atoms with Crippen LogP contribution >= 0.6 is 0 Å². The van der Waals surface area contributed by atoms with E-state index in [1.807, 2.05) is 4.90 Å². The quantitative estimate of drug-likeness (QED) is 0.606. The van der Waals surface area contributed by atoms with E-state index in [4.69, 9.17) is 0 Å². The third-order valence-electron chi connectivity index (χ3n) is 3.68. The molecule has 6 nitrogen and oxygen atoms in total. The minimum absolute atomic E-state index is 0.0911. The predicted molar refractivity (Wildman–Crippen MR) is 68.1 cm³/mol. The molecule has 0 bridgehead atoms. The number of nitrogens with one attached hydrogen (secondary N) is 2. The number of nitrogens with zero attached hydrogens (tertiary/aromatic N) is 2. The molecule has 0 saturated carbocycles. The first-order valence-electron chi connectivity index (χ1n) is 6.59. The Kier molecular flexibility index (Phi) is 4.19. The highest BCUT2D eigenvalue weighted by Gasteiger charge is 2.29. The second-order valence-electron chi connectivity index (χ2n) is 5.10. The second kappa shape index (κ2) is 5.67. The molecule has 0 aromatic rings. The van der Waals surface area contributed by atoms with Crippen molar-refractivity contribution >= 4 is 11.8 Å². The van der Waals surface area contributed by atoms with Crippen LogP contribution in [0.5, 0.6) is 0 Å². The maximum atomic E-state index is 12.3. The number of carbonyl (C=O) groups is 2. The van der Waals surface area contributed by atoms with Crippen molar-refractivity contribution in [1.82, 2.24) is 20.4 Å². The van der Waals surface area contributed by atoms with Crippen LogP contribution in [0.3, 0.4) is 0 Å². The maximum absolute atomic E-state index is 12.3. The van der Waals surface area contributed by atoms with Crippen LogP contribution in [0.4, 0.5) is 0 Å². The Morgan fingerprint density at radius 3 is 2.11 bits per heavy atom. The van der Waals surface area contributed by atoms with Crippen LogP contribution in [-0.2, 0) is 9.59 Å². The normalized spacial score (nSPS) is 29.2. The van der Waals surface area contributed by atoms with Gasteiger partial charge in [0.25, 0.3) is 0 Å². The van der Waals surface area contributed by atoms with Gasteiger partial charge < -0.3 is 20.4 Å². The van der Waals surface area contributed by atoms with E-state index in [0.717, 1.165) is 6.54 Å². The van der Waals surface area contributed by atoms with Gasteiger partial charge in [-0.2, -0.15) is 0 Å². The van der Waals surface area contributed by atoms with Crippen molar-refractivity contribution in [3.05, 3.63) is 0 Å². The third-order valence-corrected chi connectivity index (χ3v) is 3.68. The molecular formula is C12H22N4O2. The molecule has 2 aliphatic heterocycles. The first-order chi connectivity index (χ1) is 8.58. The van der Waals surface area contributed by atoms with Crippen molar-refractivity contribution in [3.8, 4) is 0 Å². The van der Waals surface area contributed by atoms with Crippen LogP contribution in [0.25, 0.3) is 0 Å². The largest absolute Gasteiger partial charge is 0.339 e. The van der Waals surface area contributed by atoms with Gasteiger partial charge in [0.1, 0.15) is 0 Å². The van der Waals surface area contributed by atoms with Gasteiger partial charge in [-0.05, 0) is 6.92 Å². The van der Waals surface area contributed by atoms with Crippen molar-refractivity contribution in [3.63, 3.8) is 0 Å². The van der Waals surface area contributed by atoms with Gasteiger partial charge in [-0.1, -0.05) is 0 Å². The summed E-state index contributed by atoms with van der Waals surface area (Å²) < 4.78 is 0. The zero-order chi connectivity index (χ0) is 13.1. The van der Waals surface area contributed by atoms with E-state index in [0.29, 0.717) is 38.8 Å². The molecule has 102 valence electrons. The second-order valence-corrected chi connectivity index (χ2v) is 5.10. The maximum Gasteiger partial charge on any atom is 0.241 e. The van der Waals surface area contributed by atoms with Gasteiger partial charge in [-0.25, -0.2) is 0 Å². The fourth-order valence-corrected chi connectivity index (χ4v) is 2.42. The average molecular weight is 254 g/mol. The topological polar surface area (TPSA) is 64.7 Å². The van der Waals surface area contributed by atoms with Gasteiger partial charge in [0.15, 0.2) is 0 Å². The number of carbonyl (C=O) groups excluding carboxylic acids is 2. The highest BCUT2D eigenvalue weighted by atomic mass is 16.2. The van der Waals surface area contributed by atoms with Gasteiger partial charge in [0.2, 0.25) is 11.8 Å². The number of rotatable bonds is 1. The molecule has 2 amide bonds. The lowest BCUT2D eigenvalue weighted by Gasteiger charge is -2.37. The molecule has 0 aromatic carbocycles. The van der Waals surface area contributed by atoms with Crippen LogP contribution in [0.1, 0.15) is 13.8 Å². The number of piperazine rings is 2. The molecule has 2 heterocycles. The summed E-state index contributed by atoms with van der Waals surface area (Å²) in [5.41, 5.74) is 0. The van der Waals surface area contributed by atoms with Crippen LogP contribution in [0.15, 0.2) is 0 Å². The van der Waals surface area contributed by atoms with Crippen molar-refractivity contribution in [2.75, 3.05) is 39.3 Å². The molecule has 2 aliphatic rings. The predicted octanol–water partition coefficient (Wildman–Crippen LogP) is -1.37. The van der Waals surface area contributed by atoms with Crippen molar-refractivity contribution in [1.29, 1.82) is 0 Å². The molecule has 2 atom stereocenters. The molecule has 2 unspecified atom stereocenters. The Balaban J connectivity index is 1.82. The summed E-state index contributed by atoms with van der Waals surface area (Å²) in [4.78, 5) is 27.1. The van der Waals surface area contributed by atoms with E-state index in [2.05, 4.69) is 17.6 Å². The lowest BCUT2D eigenvalue weighted by Crippen LogP contribution is -2.61. The van der Waals surface area contributed by atoms with Gasteiger partial charge in [-0.3, -0.25) is 9.59 Å². The van der Waals surface area contributed by atoms with Crippen molar-refractivity contribution in [2.24, 2.45) is 0 Å². The molecule has 2 fully saturated rings. The number of amides is 2. The van der Waals surface area contributed by atoms with Crippen LogP contribution < -0.4 is 10.6 Å². The van der Waals surface area contributed by atoms with E-state index < -0.39 is 0 Å². The van der Waals surface area contributed by atoms with Gasteiger partial charge in [-0.15, -0.1) is 0 Å². The molecule has 2 rings (SSSR count). The van der Waals surface area contributed by atoms with Crippen molar-refractivity contribution < 1.29 is 9.59 Å². The first-order valence-corrected chi connectivity index (χ1v) is 6.59. The van der Waals surface area contributed by atoms with E-state index in [9.17, 15) is 9.59 Å². The zero-order valence-electron chi connectivity index (χ0n) is 11.1. The molecule has 18 heavy (non-hydrogen) atoms. The van der Waals surface area contributed by atoms with Crippen LogP contribution in [0.2, 0.25) is 0 Å². The Morgan fingerprint density at radius 2 is 1.61 bits per heavy atom. The summed E-state index contributed by atoms with van der Waals surface area (Å²) in [5, 5.41) is 6.57. The molecule has 0 radical (unpaired) electrons. The Labute approximate surface area is 108 Å². The van der Waals surface area contributed by atoms with Crippen LogP contribution in [-0.4, -0.2) is 73.0 Å². The lowest BCUT2D eigenvalue weighted by atomic mass is 10.1. The molecule has 0 aliphatic carbocycles. The summed E-state index contributed by atoms with van der Waals surface area (Å²) in [5.74, 6) is 0.242. The third kappa shape index (κ3) is 3.00. The van der Waals surface area contributed by atoms with Gasteiger partial charge >= 0.3 is 0 Å². The fourth-order valence-electron chi connectivity index (χ4n) is 2.42. The molecular weight excluding hydrogens is 232 g/mol. The van der Waals surface area contributed by atoms with Gasteiger partial charge in [0, 0.05) is 52.2 Å². The van der Waals surface area contributed by atoms with Crippen molar-refractivity contribution in [2.45, 2.75) is 25.9 Å². The fraction of sp³-hybridized carbons (Fsp3) is 0.833. The average Bonchev–Trinajstić information content (AvgIpc) is 2.39. The Bertz CT molecular complexity index is 318. The highest BCUT2D eigenvalue weighted by Crippen LogP contribution is 2.05. The Hall–Kier alpha value is -1.14. The zero-order valence-corrected chi connectivity index (χ0v) is 11.1. The smallest absolute Gasteiger partial charge is 0.241 e. The van der Waals surface area contributed by atoms with E-state index in [1.165, 1.54) is 0 Å². The molecule has 0 spiro atoms. The highest BCUT2D eigenvalue weighted by molar-refractivity contribution is 5.82. The van der Waals surface area contributed by atoms with E-state index in [1.54, 1.807) is 11.8 Å². The molecule has 6 heteroatoms. The van der Waals surface area contributed by atoms with Crippen LogP contribution in [0, 0.1) is 0 Å². The lowest BCUT2D eigenvalue weighted by molar-refractivity contribution is -0.140. The number of hydrogen-bond acceptors (Lipinski definition) is 4. The summed E-state index contributed by atoms with van der Waals surface area (Å²) in [6.45, 7) is 7.77. The first kappa shape index (κ1) is 13.3. The molecule has 2 saturated heterocycles. The summed E-state index contributed by atoms with van der Waals surface area (Å²) in [6.07, 6.45) is 0. The summed E-state index contributed by atoms with van der Waals surface area (Å²) in [6, 6.07) is 0.300. The monoisotopic (exact) mass is 254 g/mol. The summed E-state index contributed by atoms with van der Waals surface area (Å²) >= 11 is 0. The standard InChI is InChI=1S/C12H22N4O2/c1-9-7-14-11(8-13-9)12(18)16-5-3-15(4-6-16)10(2)17/h9,11,13-14H,3-8H2,1-2H3. The molecule has 2 N–H and O–H groups in total. The minimum Gasteiger partial charge on any atom is -0.339 e. The summed E-state index contributed by atoms with van der Waals surface area (Å²) in [7, 11) is 0. The molecule has 0 aromatic heterocycles. The van der Waals surface area contributed by atoms with E-state index >= 15 is 0 Å².